The topological polar surface area (TPSA) is 54.0 Å². The van der Waals surface area contributed by atoms with Crippen molar-refractivity contribution in [3.05, 3.63) is 52.6 Å². The minimum Gasteiger partial charge on any atom is -0.497 e. The van der Waals surface area contributed by atoms with Gasteiger partial charge in [-0.05, 0) is 35.4 Å². The maximum atomic E-state index is 12.9. The van der Waals surface area contributed by atoms with Crippen molar-refractivity contribution in [3.8, 4) is 23.0 Å². The minimum atomic E-state index is -0.0522. The summed E-state index contributed by atoms with van der Waals surface area (Å²) in [5, 5.41) is 0. The molecule has 0 spiro atoms. The highest BCUT2D eigenvalue weighted by Crippen LogP contribution is 2.46. The Labute approximate surface area is 146 Å². The molecule has 0 amide bonds. The first kappa shape index (κ1) is 16.9. The van der Waals surface area contributed by atoms with Crippen LogP contribution in [0, 0.1) is 0 Å². The summed E-state index contributed by atoms with van der Waals surface area (Å²) in [4.78, 5) is 12.9. The first-order valence-electron chi connectivity index (χ1n) is 7.84. The number of allylic oxidation sites excluding steroid dienone is 1. The Hall–Kier alpha value is -2.95. The number of Topliss-reactive ketones (excluding diaryl/α,β-unsaturated/α-hetero) is 1. The molecule has 0 saturated heterocycles. The molecule has 2 aromatic carbocycles. The van der Waals surface area contributed by atoms with Crippen molar-refractivity contribution in [3.63, 3.8) is 0 Å². The Morgan fingerprint density at radius 3 is 2.12 bits per heavy atom. The van der Waals surface area contributed by atoms with E-state index in [-0.39, 0.29) is 5.78 Å². The van der Waals surface area contributed by atoms with Crippen LogP contribution in [0.25, 0.3) is 6.08 Å². The van der Waals surface area contributed by atoms with E-state index in [0.29, 0.717) is 34.8 Å². The van der Waals surface area contributed by atoms with Gasteiger partial charge in [-0.15, -0.1) is 0 Å². The summed E-state index contributed by atoms with van der Waals surface area (Å²) < 4.78 is 21.4. The van der Waals surface area contributed by atoms with Crippen LogP contribution in [0.4, 0.5) is 0 Å². The molecule has 2 aromatic rings. The SMILES string of the molecule is COc1ccc(/C=C2\Cc3cc(OC)c(OC)c(OC)c3C2=O)cc1. The third-order valence-corrected chi connectivity index (χ3v) is 4.27. The second-order valence-corrected chi connectivity index (χ2v) is 5.63. The number of hydrogen-bond acceptors (Lipinski definition) is 5. The number of ketones is 1. The number of methoxy groups -OCH3 is 4. The molecule has 0 N–H and O–H groups in total. The van der Waals surface area contributed by atoms with Gasteiger partial charge >= 0.3 is 0 Å². The Morgan fingerprint density at radius 1 is 0.880 bits per heavy atom. The first-order valence-corrected chi connectivity index (χ1v) is 7.84. The number of ether oxygens (including phenoxy) is 4. The number of fused-ring (bicyclic) bond motifs is 1. The Kier molecular flexibility index (Phi) is 4.65. The smallest absolute Gasteiger partial charge is 0.204 e. The maximum Gasteiger partial charge on any atom is 0.204 e. The van der Waals surface area contributed by atoms with Crippen LogP contribution >= 0.6 is 0 Å². The van der Waals surface area contributed by atoms with Crippen molar-refractivity contribution >= 4 is 11.9 Å². The van der Waals surface area contributed by atoms with Crippen LogP contribution in [0.3, 0.4) is 0 Å². The standard InChI is InChI=1S/C20H20O5/c1-22-15-7-5-12(6-8-15)9-14-10-13-11-16(23-2)19(24-3)20(25-4)17(13)18(14)21/h5-9,11H,10H2,1-4H3/b14-9+. The zero-order chi connectivity index (χ0) is 18.0. The first-order chi connectivity index (χ1) is 12.1. The summed E-state index contributed by atoms with van der Waals surface area (Å²) in [5.74, 6) is 2.13. The number of carbonyl (C=O) groups is 1. The summed E-state index contributed by atoms with van der Waals surface area (Å²) in [6, 6.07) is 9.40. The fraction of sp³-hybridized carbons (Fsp3) is 0.250. The van der Waals surface area contributed by atoms with Gasteiger partial charge in [0.05, 0.1) is 34.0 Å². The van der Waals surface area contributed by atoms with Gasteiger partial charge in [-0.25, -0.2) is 0 Å². The lowest BCUT2D eigenvalue weighted by Crippen LogP contribution is -2.03. The van der Waals surface area contributed by atoms with Gasteiger partial charge in [0.15, 0.2) is 17.3 Å². The number of hydrogen-bond donors (Lipinski definition) is 0. The summed E-state index contributed by atoms with van der Waals surface area (Å²) in [6.45, 7) is 0. The molecule has 25 heavy (non-hydrogen) atoms. The fourth-order valence-corrected chi connectivity index (χ4v) is 3.06. The van der Waals surface area contributed by atoms with Crippen molar-refractivity contribution in [1.82, 2.24) is 0 Å². The molecule has 5 heteroatoms. The fourth-order valence-electron chi connectivity index (χ4n) is 3.06. The summed E-state index contributed by atoms with van der Waals surface area (Å²) >= 11 is 0. The summed E-state index contributed by atoms with van der Waals surface area (Å²) in [7, 11) is 6.24. The van der Waals surface area contributed by atoms with E-state index in [9.17, 15) is 4.79 Å². The Bertz CT molecular complexity index is 834. The average molecular weight is 340 g/mol. The molecule has 0 saturated carbocycles. The second kappa shape index (κ2) is 6.89. The number of benzene rings is 2. The lowest BCUT2D eigenvalue weighted by molar-refractivity contribution is 0.103. The molecule has 0 fully saturated rings. The molecule has 0 radical (unpaired) electrons. The molecule has 0 atom stereocenters. The van der Waals surface area contributed by atoms with E-state index in [2.05, 4.69) is 0 Å². The van der Waals surface area contributed by atoms with Crippen LogP contribution in [0.2, 0.25) is 0 Å². The van der Waals surface area contributed by atoms with Crippen LogP contribution in [0.5, 0.6) is 23.0 Å². The van der Waals surface area contributed by atoms with Gasteiger partial charge in [-0.3, -0.25) is 4.79 Å². The van der Waals surface area contributed by atoms with Crippen molar-refractivity contribution in [1.29, 1.82) is 0 Å². The van der Waals surface area contributed by atoms with Crippen LogP contribution in [0.1, 0.15) is 21.5 Å². The average Bonchev–Trinajstić information content (AvgIpc) is 2.96. The highest BCUT2D eigenvalue weighted by molar-refractivity contribution is 6.17. The molecule has 0 aromatic heterocycles. The van der Waals surface area contributed by atoms with Gasteiger partial charge < -0.3 is 18.9 Å². The van der Waals surface area contributed by atoms with Crippen molar-refractivity contribution in [2.45, 2.75) is 6.42 Å². The molecule has 0 heterocycles. The molecule has 5 nitrogen and oxygen atoms in total. The van der Waals surface area contributed by atoms with Crippen molar-refractivity contribution in [2.75, 3.05) is 28.4 Å². The third-order valence-electron chi connectivity index (χ3n) is 4.27. The van der Waals surface area contributed by atoms with Crippen LogP contribution < -0.4 is 18.9 Å². The van der Waals surface area contributed by atoms with Gasteiger partial charge in [0.1, 0.15) is 5.75 Å². The largest absolute Gasteiger partial charge is 0.497 e. The zero-order valence-corrected chi connectivity index (χ0v) is 14.7. The Balaban J connectivity index is 2.04. The molecule has 0 bridgehead atoms. The van der Waals surface area contributed by atoms with Gasteiger partial charge in [0.25, 0.3) is 0 Å². The Morgan fingerprint density at radius 2 is 1.56 bits per heavy atom. The van der Waals surface area contributed by atoms with E-state index < -0.39 is 0 Å². The van der Waals surface area contributed by atoms with Crippen LogP contribution in [0.15, 0.2) is 35.9 Å². The van der Waals surface area contributed by atoms with Crippen LogP contribution in [-0.2, 0) is 6.42 Å². The monoisotopic (exact) mass is 340 g/mol. The molecular weight excluding hydrogens is 320 g/mol. The maximum absolute atomic E-state index is 12.9. The highest BCUT2D eigenvalue weighted by Gasteiger charge is 2.32. The van der Waals surface area contributed by atoms with Crippen molar-refractivity contribution < 1.29 is 23.7 Å². The van der Waals surface area contributed by atoms with E-state index >= 15 is 0 Å². The number of carbonyl (C=O) groups excluding carboxylic acids is 1. The van der Waals surface area contributed by atoms with E-state index in [1.807, 2.05) is 36.4 Å². The predicted molar refractivity (Wildman–Crippen MR) is 95.1 cm³/mol. The second-order valence-electron chi connectivity index (χ2n) is 5.63. The number of rotatable bonds is 5. The van der Waals surface area contributed by atoms with Gasteiger partial charge in [-0.2, -0.15) is 0 Å². The lowest BCUT2D eigenvalue weighted by Gasteiger charge is -2.14. The van der Waals surface area contributed by atoms with Gasteiger partial charge in [0.2, 0.25) is 5.75 Å². The van der Waals surface area contributed by atoms with E-state index in [1.54, 1.807) is 14.2 Å². The van der Waals surface area contributed by atoms with E-state index in [0.717, 1.165) is 16.9 Å². The molecular formula is C20H20O5. The van der Waals surface area contributed by atoms with Crippen molar-refractivity contribution in [2.24, 2.45) is 0 Å². The third kappa shape index (κ3) is 2.93. The molecule has 3 rings (SSSR count). The molecule has 0 unspecified atom stereocenters. The lowest BCUT2D eigenvalue weighted by atomic mass is 10.1. The summed E-state index contributed by atoms with van der Waals surface area (Å²) in [5.41, 5.74) is 3.06. The predicted octanol–water partition coefficient (Wildman–Crippen LogP) is 3.54. The molecule has 1 aliphatic rings. The van der Waals surface area contributed by atoms with E-state index in [1.165, 1.54) is 14.2 Å². The van der Waals surface area contributed by atoms with Gasteiger partial charge in [0, 0.05) is 12.0 Å². The quantitative estimate of drug-likeness (QED) is 0.779. The minimum absolute atomic E-state index is 0.0522. The van der Waals surface area contributed by atoms with Gasteiger partial charge in [-0.1, -0.05) is 12.1 Å². The molecule has 1 aliphatic carbocycles. The van der Waals surface area contributed by atoms with Crippen LogP contribution in [-0.4, -0.2) is 34.2 Å². The molecule has 0 aliphatic heterocycles. The normalized spacial score (nSPS) is 14.4. The highest BCUT2D eigenvalue weighted by atomic mass is 16.5. The summed E-state index contributed by atoms with van der Waals surface area (Å²) in [6.07, 6.45) is 2.41. The molecule has 130 valence electrons. The zero-order valence-electron chi connectivity index (χ0n) is 14.7. The van der Waals surface area contributed by atoms with E-state index in [4.69, 9.17) is 18.9 Å².